The number of nitrogens with one attached hydrogen (secondary N) is 1. The topological polar surface area (TPSA) is 75.2 Å². The van der Waals surface area contributed by atoms with Crippen LogP contribution in [0.25, 0.3) is 0 Å². The first-order valence-electron chi connectivity index (χ1n) is 5.01. The normalized spacial score (nSPS) is 12.1. The molecule has 0 radical (unpaired) electrons. The second-order valence-corrected chi connectivity index (χ2v) is 2.95. The van der Waals surface area contributed by atoms with Crippen LogP contribution >= 0.6 is 0 Å². The SMILES string of the molecule is CCC/C=N\NC(=NC)N(N)CCOC. The van der Waals surface area contributed by atoms with Gasteiger partial charge in [-0.05, 0) is 6.42 Å². The Bertz CT molecular complexity index is 205. The molecule has 0 rings (SSSR count). The van der Waals surface area contributed by atoms with Gasteiger partial charge in [0.15, 0.2) is 0 Å². The van der Waals surface area contributed by atoms with Gasteiger partial charge in [0.1, 0.15) is 0 Å². The van der Waals surface area contributed by atoms with Gasteiger partial charge in [-0.15, -0.1) is 0 Å². The number of hydrogen-bond donors (Lipinski definition) is 2. The number of hydrazone groups is 1. The predicted octanol–water partition coefficient (Wildman–Crippen LogP) is 0.170. The van der Waals surface area contributed by atoms with Crippen LogP contribution in [0, 0.1) is 0 Å². The minimum Gasteiger partial charge on any atom is -0.383 e. The van der Waals surface area contributed by atoms with Crippen molar-refractivity contribution in [3.05, 3.63) is 0 Å². The minimum absolute atomic E-state index is 0.527. The predicted molar refractivity (Wildman–Crippen MR) is 62.7 cm³/mol. The lowest BCUT2D eigenvalue weighted by Gasteiger charge is -2.18. The zero-order chi connectivity index (χ0) is 11.5. The zero-order valence-electron chi connectivity index (χ0n) is 9.73. The van der Waals surface area contributed by atoms with Crippen molar-refractivity contribution >= 4 is 12.2 Å². The highest BCUT2D eigenvalue weighted by atomic mass is 16.5. The monoisotopic (exact) mass is 215 g/mol. The summed E-state index contributed by atoms with van der Waals surface area (Å²) < 4.78 is 4.91. The summed E-state index contributed by atoms with van der Waals surface area (Å²) in [6, 6.07) is 0. The molecule has 6 nitrogen and oxygen atoms in total. The standard InChI is InChI=1S/C9H21N5O/c1-4-5-6-12-13-9(11-2)14(10)7-8-15-3/h6H,4-5,7-8,10H2,1-3H3,(H,11,13)/b12-6-. The molecule has 0 aliphatic carbocycles. The lowest BCUT2D eigenvalue weighted by atomic mass is 10.4. The number of methoxy groups -OCH3 is 1. The molecule has 0 amide bonds. The molecule has 3 N–H and O–H groups in total. The molecular formula is C9H21N5O. The fourth-order valence-corrected chi connectivity index (χ4v) is 0.835. The zero-order valence-corrected chi connectivity index (χ0v) is 9.73. The van der Waals surface area contributed by atoms with Crippen LogP contribution in [0.15, 0.2) is 10.1 Å². The third kappa shape index (κ3) is 6.87. The highest BCUT2D eigenvalue weighted by molar-refractivity contribution is 5.79. The van der Waals surface area contributed by atoms with Gasteiger partial charge in [0.2, 0.25) is 5.96 Å². The molecule has 15 heavy (non-hydrogen) atoms. The molecule has 88 valence electrons. The summed E-state index contributed by atoms with van der Waals surface area (Å²) in [5.41, 5.74) is 2.78. The Morgan fingerprint density at radius 2 is 2.33 bits per heavy atom. The number of ether oxygens (including phenoxy) is 1. The van der Waals surface area contributed by atoms with E-state index in [1.165, 1.54) is 5.01 Å². The van der Waals surface area contributed by atoms with Gasteiger partial charge in [-0.3, -0.25) is 10.0 Å². The van der Waals surface area contributed by atoms with E-state index in [-0.39, 0.29) is 0 Å². The van der Waals surface area contributed by atoms with Gasteiger partial charge in [0.05, 0.1) is 13.2 Å². The van der Waals surface area contributed by atoms with Gasteiger partial charge in [-0.1, -0.05) is 13.3 Å². The van der Waals surface area contributed by atoms with Gasteiger partial charge in [0.25, 0.3) is 0 Å². The Morgan fingerprint density at radius 1 is 1.60 bits per heavy atom. The number of guanidine groups is 1. The van der Waals surface area contributed by atoms with Crippen LogP contribution in [0.2, 0.25) is 0 Å². The maximum absolute atomic E-state index is 5.72. The van der Waals surface area contributed by atoms with Crippen molar-refractivity contribution < 1.29 is 4.74 Å². The average molecular weight is 215 g/mol. The summed E-state index contributed by atoms with van der Waals surface area (Å²) in [4.78, 5) is 3.98. The molecule has 0 heterocycles. The smallest absolute Gasteiger partial charge is 0.229 e. The van der Waals surface area contributed by atoms with Gasteiger partial charge in [-0.2, -0.15) is 5.10 Å². The van der Waals surface area contributed by atoms with Crippen molar-refractivity contribution in [2.45, 2.75) is 19.8 Å². The molecule has 0 spiro atoms. The fraction of sp³-hybridized carbons (Fsp3) is 0.778. The first-order chi connectivity index (χ1) is 7.26. The Morgan fingerprint density at radius 3 is 2.87 bits per heavy atom. The van der Waals surface area contributed by atoms with Crippen molar-refractivity contribution in [1.82, 2.24) is 10.4 Å². The van der Waals surface area contributed by atoms with Crippen molar-refractivity contribution in [2.75, 3.05) is 27.3 Å². The van der Waals surface area contributed by atoms with Gasteiger partial charge in [-0.25, -0.2) is 11.3 Å². The summed E-state index contributed by atoms with van der Waals surface area (Å²) in [5, 5.41) is 5.46. The van der Waals surface area contributed by atoms with E-state index < -0.39 is 0 Å². The molecule has 0 saturated heterocycles. The van der Waals surface area contributed by atoms with Crippen LogP contribution in [0.1, 0.15) is 19.8 Å². The second kappa shape index (κ2) is 9.42. The van der Waals surface area contributed by atoms with Crippen molar-refractivity contribution in [2.24, 2.45) is 15.9 Å². The maximum atomic E-state index is 5.72. The van der Waals surface area contributed by atoms with E-state index in [2.05, 4.69) is 22.4 Å². The number of hydrazine groups is 1. The molecule has 6 heteroatoms. The average Bonchev–Trinajstić information content (AvgIpc) is 2.26. The fourth-order valence-electron chi connectivity index (χ4n) is 0.835. The van der Waals surface area contributed by atoms with E-state index in [0.717, 1.165) is 12.8 Å². The van der Waals surface area contributed by atoms with Crippen LogP contribution in [0.5, 0.6) is 0 Å². The number of unbranched alkanes of at least 4 members (excludes halogenated alkanes) is 1. The molecule has 0 aromatic rings. The van der Waals surface area contributed by atoms with E-state index in [1.807, 2.05) is 0 Å². The molecule has 0 aliphatic heterocycles. The van der Waals surface area contributed by atoms with Crippen molar-refractivity contribution in [1.29, 1.82) is 0 Å². The quantitative estimate of drug-likeness (QED) is 0.287. The second-order valence-electron chi connectivity index (χ2n) is 2.95. The third-order valence-corrected chi connectivity index (χ3v) is 1.69. The first-order valence-corrected chi connectivity index (χ1v) is 5.01. The van der Waals surface area contributed by atoms with Crippen LogP contribution in [0.3, 0.4) is 0 Å². The molecule has 0 fully saturated rings. The maximum Gasteiger partial charge on any atom is 0.229 e. The number of nitrogens with zero attached hydrogens (tertiary/aromatic N) is 3. The summed E-state index contributed by atoms with van der Waals surface area (Å²) in [6.07, 6.45) is 3.81. The summed E-state index contributed by atoms with van der Waals surface area (Å²) >= 11 is 0. The third-order valence-electron chi connectivity index (χ3n) is 1.69. The minimum atomic E-state index is 0.527. The molecule has 0 aromatic heterocycles. The molecule has 0 unspecified atom stereocenters. The number of aliphatic imine (C=N–C) groups is 1. The Labute approximate surface area is 91.2 Å². The van der Waals surface area contributed by atoms with Gasteiger partial charge >= 0.3 is 0 Å². The Kier molecular flexibility index (Phi) is 8.70. The van der Waals surface area contributed by atoms with E-state index in [4.69, 9.17) is 10.6 Å². The highest BCUT2D eigenvalue weighted by Gasteiger charge is 2.03. The van der Waals surface area contributed by atoms with E-state index in [1.54, 1.807) is 20.4 Å². The number of nitrogens with two attached hydrogens (primary N) is 1. The highest BCUT2D eigenvalue weighted by Crippen LogP contribution is 1.83. The first kappa shape index (κ1) is 13.9. The van der Waals surface area contributed by atoms with Crippen LogP contribution in [-0.4, -0.2) is 44.5 Å². The summed E-state index contributed by atoms with van der Waals surface area (Å²) in [7, 11) is 3.29. The lowest BCUT2D eigenvalue weighted by Crippen LogP contribution is -2.45. The lowest BCUT2D eigenvalue weighted by molar-refractivity contribution is 0.175. The number of hydrogen-bond acceptors (Lipinski definition) is 4. The van der Waals surface area contributed by atoms with Crippen molar-refractivity contribution in [3.8, 4) is 0 Å². The molecule has 0 aliphatic rings. The van der Waals surface area contributed by atoms with E-state index in [9.17, 15) is 0 Å². The van der Waals surface area contributed by atoms with E-state index in [0.29, 0.717) is 19.1 Å². The summed E-state index contributed by atoms with van der Waals surface area (Å²) in [5.74, 6) is 6.24. The Balaban J connectivity index is 3.91. The molecular weight excluding hydrogens is 194 g/mol. The molecule has 0 bridgehead atoms. The van der Waals surface area contributed by atoms with Crippen molar-refractivity contribution in [3.63, 3.8) is 0 Å². The van der Waals surface area contributed by atoms with Crippen LogP contribution in [0.4, 0.5) is 0 Å². The number of rotatable bonds is 6. The van der Waals surface area contributed by atoms with Crippen LogP contribution in [-0.2, 0) is 4.74 Å². The molecule has 0 atom stereocenters. The van der Waals surface area contributed by atoms with Crippen LogP contribution < -0.4 is 11.3 Å². The largest absolute Gasteiger partial charge is 0.383 e. The van der Waals surface area contributed by atoms with E-state index >= 15 is 0 Å². The summed E-state index contributed by atoms with van der Waals surface area (Å²) in [6.45, 7) is 3.21. The van der Waals surface area contributed by atoms with Gasteiger partial charge < -0.3 is 4.74 Å². The Hall–Kier alpha value is -1.14. The molecule has 0 saturated carbocycles. The van der Waals surface area contributed by atoms with Gasteiger partial charge in [0, 0.05) is 20.4 Å². The molecule has 0 aromatic carbocycles.